The summed E-state index contributed by atoms with van der Waals surface area (Å²) in [7, 11) is 0. The van der Waals surface area contributed by atoms with Crippen molar-refractivity contribution in [1.29, 1.82) is 0 Å². The van der Waals surface area contributed by atoms with E-state index in [1.165, 1.54) is 6.08 Å². The number of carbonyl (C=O) groups is 3. The Labute approximate surface area is 184 Å². The monoisotopic (exact) mass is 433 g/mol. The summed E-state index contributed by atoms with van der Waals surface area (Å²) in [5.74, 6) is -0.0865. The van der Waals surface area contributed by atoms with Crippen LogP contribution in [0.2, 0.25) is 0 Å². The predicted molar refractivity (Wildman–Crippen MR) is 116 cm³/mol. The Morgan fingerprint density at radius 2 is 2.00 bits per heavy atom. The van der Waals surface area contributed by atoms with Gasteiger partial charge in [0.1, 0.15) is 11.4 Å². The number of carboxylic acid groups (broad SMARTS) is 1. The second-order valence-corrected chi connectivity index (χ2v) is 10.1. The molecule has 0 bridgehead atoms. The highest BCUT2D eigenvalue weighted by Crippen LogP contribution is 2.34. The van der Waals surface area contributed by atoms with E-state index in [0.717, 1.165) is 25.1 Å². The quantitative estimate of drug-likeness (QED) is 0.609. The van der Waals surface area contributed by atoms with Crippen molar-refractivity contribution in [3.63, 3.8) is 0 Å². The van der Waals surface area contributed by atoms with Gasteiger partial charge in [0.25, 0.3) is 5.91 Å². The van der Waals surface area contributed by atoms with Gasteiger partial charge in [0, 0.05) is 37.4 Å². The normalized spacial score (nSPS) is 26.5. The fourth-order valence-corrected chi connectivity index (χ4v) is 4.70. The van der Waals surface area contributed by atoms with E-state index < -0.39 is 11.6 Å². The van der Waals surface area contributed by atoms with E-state index in [1.54, 1.807) is 11.0 Å². The summed E-state index contributed by atoms with van der Waals surface area (Å²) in [4.78, 5) is 40.1. The minimum absolute atomic E-state index is 0.00115. The Balaban J connectivity index is 1.75. The van der Waals surface area contributed by atoms with Gasteiger partial charge in [-0.3, -0.25) is 14.4 Å². The van der Waals surface area contributed by atoms with Crippen molar-refractivity contribution in [1.82, 2.24) is 15.1 Å². The number of ether oxygens (including phenoxy) is 1. The minimum Gasteiger partial charge on any atom is -0.490 e. The van der Waals surface area contributed by atoms with Crippen LogP contribution in [-0.4, -0.2) is 69.5 Å². The number of hydrogen-bond donors (Lipinski definition) is 2. The van der Waals surface area contributed by atoms with Crippen molar-refractivity contribution < 1.29 is 24.2 Å². The van der Waals surface area contributed by atoms with Crippen LogP contribution >= 0.6 is 0 Å². The third-order valence-corrected chi connectivity index (χ3v) is 5.82. The van der Waals surface area contributed by atoms with Crippen LogP contribution in [0.25, 0.3) is 0 Å². The second kappa shape index (κ2) is 8.93. The van der Waals surface area contributed by atoms with Gasteiger partial charge in [-0.05, 0) is 46.0 Å². The van der Waals surface area contributed by atoms with Crippen molar-refractivity contribution in [2.24, 2.45) is 5.92 Å². The number of amides is 2. The zero-order chi connectivity index (χ0) is 22.9. The number of likely N-dealkylation sites (tertiary alicyclic amines) is 1. The zero-order valence-corrected chi connectivity index (χ0v) is 19.2. The SMILES string of the molecule is CC(C)CC1NC(=O)C=C1N1CCC(N2C(=O)C=C(OC(C)(C)C)C2CCC(=O)O)C1. The molecule has 172 valence electrons. The lowest BCUT2D eigenvalue weighted by Crippen LogP contribution is -2.46. The molecule has 8 heteroatoms. The molecule has 2 amide bonds. The Kier molecular flexibility index (Phi) is 6.67. The van der Waals surface area contributed by atoms with Crippen LogP contribution in [0.4, 0.5) is 0 Å². The molecule has 3 aliphatic heterocycles. The first-order valence-corrected chi connectivity index (χ1v) is 11.2. The average molecular weight is 434 g/mol. The summed E-state index contributed by atoms with van der Waals surface area (Å²) in [6.45, 7) is 11.4. The molecular weight excluding hydrogens is 398 g/mol. The van der Waals surface area contributed by atoms with E-state index in [9.17, 15) is 19.5 Å². The van der Waals surface area contributed by atoms with Crippen molar-refractivity contribution >= 4 is 17.8 Å². The van der Waals surface area contributed by atoms with Gasteiger partial charge in [0.2, 0.25) is 5.91 Å². The highest BCUT2D eigenvalue weighted by molar-refractivity contribution is 5.92. The van der Waals surface area contributed by atoms with Crippen LogP contribution in [0.1, 0.15) is 60.3 Å². The van der Waals surface area contributed by atoms with Crippen LogP contribution in [0.15, 0.2) is 23.6 Å². The number of nitrogens with zero attached hydrogens (tertiary/aromatic N) is 2. The number of carbonyl (C=O) groups excluding carboxylic acids is 2. The van der Waals surface area contributed by atoms with E-state index in [2.05, 4.69) is 24.1 Å². The van der Waals surface area contributed by atoms with Crippen LogP contribution in [0, 0.1) is 5.92 Å². The summed E-state index contributed by atoms with van der Waals surface area (Å²) < 4.78 is 6.03. The smallest absolute Gasteiger partial charge is 0.303 e. The Hall–Kier alpha value is -2.51. The lowest BCUT2D eigenvalue weighted by Gasteiger charge is -2.34. The van der Waals surface area contributed by atoms with Gasteiger partial charge in [-0.25, -0.2) is 0 Å². The Morgan fingerprint density at radius 1 is 1.29 bits per heavy atom. The fourth-order valence-electron chi connectivity index (χ4n) is 4.70. The van der Waals surface area contributed by atoms with Gasteiger partial charge in [-0.2, -0.15) is 0 Å². The number of nitrogens with one attached hydrogen (secondary N) is 1. The van der Waals surface area contributed by atoms with Gasteiger partial charge in [-0.15, -0.1) is 0 Å². The molecule has 3 unspecified atom stereocenters. The molecule has 8 nitrogen and oxygen atoms in total. The lowest BCUT2D eigenvalue weighted by atomic mass is 10.0. The molecule has 3 rings (SSSR count). The minimum atomic E-state index is -0.889. The third-order valence-electron chi connectivity index (χ3n) is 5.82. The molecule has 2 N–H and O–H groups in total. The topological polar surface area (TPSA) is 99.2 Å². The molecule has 3 aliphatic rings. The molecule has 0 aliphatic carbocycles. The Bertz CT molecular complexity index is 796. The van der Waals surface area contributed by atoms with E-state index in [0.29, 0.717) is 24.6 Å². The highest BCUT2D eigenvalue weighted by atomic mass is 16.5. The van der Waals surface area contributed by atoms with Crippen LogP contribution < -0.4 is 5.32 Å². The summed E-state index contributed by atoms with van der Waals surface area (Å²) in [6, 6.07) is -0.433. The number of carboxylic acids is 1. The van der Waals surface area contributed by atoms with Crippen molar-refractivity contribution in [3.05, 3.63) is 23.6 Å². The van der Waals surface area contributed by atoms with Gasteiger partial charge in [0.15, 0.2) is 0 Å². The average Bonchev–Trinajstić information content (AvgIpc) is 3.28. The number of aliphatic carboxylic acids is 1. The summed E-state index contributed by atoms with van der Waals surface area (Å²) >= 11 is 0. The molecular formula is C23H35N3O5. The maximum absolute atomic E-state index is 12.9. The number of hydrogen-bond acceptors (Lipinski definition) is 5. The maximum atomic E-state index is 12.9. The maximum Gasteiger partial charge on any atom is 0.303 e. The molecule has 3 atom stereocenters. The van der Waals surface area contributed by atoms with E-state index in [4.69, 9.17) is 4.74 Å². The van der Waals surface area contributed by atoms with Gasteiger partial charge in [0.05, 0.1) is 18.1 Å². The molecule has 31 heavy (non-hydrogen) atoms. The summed E-state index contributed by atoms with van der Waals surface area (Å²) in [6.07, 6.45) is 5.12. The van der Waals surface area contributed by atoms with Crippen LogP contribution in [-0.2, 0) is 19.1 Å². The predicted octanol–water partition coefficient (Wildman–Crippen LogP) is 2.26. The molecule has 1 fully saturated rings. The fraction of sp³-hybridized carbons (Fsp3) is 0.696. The first-order valence-electron chi connectivity index (χ1n) is 11.2. The van der Waals surface area contributed by atoms with Crippen LogP contribution in [0.3, 0.4) is 0 Å². The zero-order valence-electron chi connectivity index (χ0n) is 19.2. The van der Waals surface area contributed by atoms with Gasteiger partial charge >= 0.3 is 5.97 Å². The number of rotatable bonds is 8. The molecule has 0 saturated carbocycles. The van der Waals surface area contributed by atoms with Gasteiger partial charge < -0.3 is 25.0 Å². The van der Waals surface area contributed by atoms with Crippen molar-refractivity contribution in [2.75, 3.05) is 13.1 Å². The second-order valence-electron chi connectivity index (χ2n) is 10.1. The first-order chi connectivity index (χ1) is 14.4. The van der Waals surface area contributed by atoms with Crippen molar-refractivity contribution in [2.45, 2.75) is 84.0 Å². The molecule has 0 aromatic carbocycles. The molecule has 3 heterocycles. The Morgan fingerprint density at radius 3 is 2.61 bits per heavy atom. The highest BCUT2D eigenvalue weighted by Gasteiger charge is 2.43. The lowest BCUT2D eigenvalue weighted by molar-refractivity contribution is -0.138. The third kappa shape index (κ3) is 5.60. The molecule has 0 aromatic rings. The van der Waals surface area contributed by atoms with E-state index in [1.807, 2.05) is 20.8 Å². The largest absolute Gasteiger partial charge is 0.490 e. The molecule has 1 saturated heterocycles. The molecule has 0 spiro atoms. The summed E-state index contributed by atoms with van der Waals surface area (Å²) in [5, 5.41) is 12.2. The molecule has 0 radical (unpaired) electrons. The van der Waals surface area contributed by atoms with E-state index >= 15 is 0 Å². The first kappa shape index (κ1) is 23.2. The standard InChI is InChI=1S/C23H35N3O5/c1-14(2)10-16-18(11-20(27)24-16)25-9-8-15(13-25)26-17(6-7-22(29)30)19(12-21(26)28)31-23(3,4)5/h11-12,14-17H,6-10,13H2,1-5H3,(H,24,27)(H,29,30). The van der Waals surface area contributed by atoms with E-state index in [-0.39, 0.29) is 36.4 Å². The summed E-state index contributed by atoms with van der Waals surface area (Å²) in [5.41, 5.74) is 0.518. The van der Waals surface area contributed by atoms with Gasteiger partial charge in [-0.1, -0.05) is 13.8 Å². The molecule has 0 aromatic heterocycles. The van der Waals surface area contributed by atoms with Crippen LogP contribution in [0.5, 0.6) is 0 Å². The van der Waals surface area contributed by atoms with Crippen molar-refractivity contribution in [3.8, 4) is 0 Å².